The fourth-order valence-corrected chi connectivity index (χ4v) is 2.36. The van der Waals surface area contributed by atoms with Gasteiger partial charge in [-0.05, 0) is 58.2 Å². The van der Waals surface area contributed by atoms with Crippen molar-refractivity contribution in [3.8, 4) is 28.7 Å². The second-order valence-electron chi connectivity index (χ2n) is 6.95. The van der Waals surface area contributed by atoms with Crippen LogP contribution in [0.5, 0.6) is 5.75 Å². The van der Waals surface area contributed by atoms with Gasteiger partial charge in [0.2, 0.25) is 5.82 Å². The number of aryl methyl sites for hydroxylation is 1. The van der Waals surface area contributed by atoms with Crippen LogP contribution in [-0.2, 0) is 4.74 Å². The summed E-state index contributed by atoms with van der Waals surface area (Å²) in [5.41, 5.74) is 1.62. The first-order valence-corrected chi connectivity index (χ1v) is 9.67. The first-order valence-electron chi connectivity index (χ1n) is 9.67. The molecule has 166 valence electrons. The molecule has 3 aromatic rings. The molecule has 0 radical (unpaired) electrons. The summed E-state index contributed by atoms with van der Waals surface area (Å²) in [5, 5.41) is 22.3. The number of rotatable bonds is 3. The Morgan fingerprint density at radius 1 is 1.23 bits per heavy atom. The Labute approximate surface area is 182 Å². The Hall–Kier alpha value is -3.75. The van der Waals surface area contributed by atoms with Crippen molar-refractivity contribution >= 4 is 18.5 Å². The van der Waals surface area contributed by atoms with Crippen LogP contribution in [0.4, 0.5) is 10.5 Å². The fourth-order valence-electron chi connectivity index (χ4n) is 2.36. The normalized spacial score (nSPS) is 10.1. The van der Waals surface area contributed by atoms with Crippen LogP contribution in [0.2, 0.25) is 0 Å². The third kappa shape index (κ3) is 7.22. The molecule has 2 heterocycles. The van der Waals surface area contributed by atoms with E-state index in [1.54, 1.807) is 39.1 Å². The lowest BCUT2D eigenvalue weighted by atomic mass is 10.1. The smallest absolute Gasteiger partial charge is 0.412 e. The number of benzene rings is 1. The molecule has 0 fully saturated rings. The van der Waals surface area contributed by atoms with Crippen LogP contribution in [0, 0.1) is 12.3 Å². The summed E-state index contributed by atoms with van der Waals surface area (Å²) < 4.78 is 10.4. The average molecular weight is 428 g/mol. The molecule has 0 spiro atoms. The standard InChI is InChI=1S/C19H20N4O4.C2H6.CH3N/c1-11-6-5-9-20-15(11)16-22-17(27-23-16)13-8-7-12(10-14(13)24)21-18(25)26-19(2,3)4;2*1-2/h5-10,24H,1-4H3,(H,21,25);1-2H3;2H,1H2. The molecule has 0 atom stereocenters. The fraction of sp³-hybridized carbons (Fsp3) is 0.318. The van der Waals surface area contributed by atoms with Crippen molar-refractivity contribution in [2.24, 2.45) is 0 Å². The highest BCUT2D eigenvalue weighted by molar-refractivity contribution is 5.86. The van der Waals surface area contributed by atoms with Crippen LogP contribution in [0.25, 0.3) is 23.0 Å². The number of carbonyl (C=O) groups is 1. The number of hydrogen-bond acceptors (Lipinski definition) is 8. The predicted molar refractivity (Wildman–Crippen MR) is 120 cm³/mol. The maximum absolute atomic E-state index is 11.8. The van der Waals surface area contributed by atoms with Crippen LogP contribution in [0.3, 0.4) is 0 Å². The lowest BCUT2D eigenvalue weighted by molar-refractivity contribution is 0.0636. The molecule has 0 saturated carbocycles. The Kier molecular flexibility index (Phi) is 9.33. The highest BCUT2D eigenvalue weighted by atomic mass is 16.6. The number of hydrogen-bond donors (Lipinski definition) is 3. The molecular weight excluding hydrogens is 398 g/mol. The van der Waals surface area contributed by atoms with Gasteiger partial charge in [-0.3, -0.25) is 10.3 Å². The minimum Gasteiger partial charge on any atom is -0.507 e. The molecule has 9 nitrogen and oxygen atoms in total. The number of nitrogens with one attached hydrogen (secondary N) is 2. The molecule has 0 aliphatic carbocycles. The number of aromatic nitrogens is 3. The molecule has 3 N–H and O–H groups in total. The summed E-state index contributed by atoms with van der Waals surface area (Å²) >= 11 is 0. The van der Waals surface area contributed by atoms with Crippen molar-refractivity contribution in [1.29, 1.82) is 5.41 Å². The summed E-state index contributed by atoms with van der Waals surface area (Å²) in [6.45, 7) is 13.7. The van der Waals surface area contributed by atoms with Gasteiger partial charge < -0.3 is 19.8 Å². The highest BCUT2D eigenvalue weighted by Gasteiger charge is 2.19. The Morgan fingerprint density at radius 2 is 1.90 bits per heavy atom. The zero-order chi connectivity index (χ0) is 23.6. The van der Waals surface area contributed by atoms with Crippen molar-refractivity contribution in [2.45, 2.75) is 47.1 Å². The summed E-state index contributed by atoms with van der Waals surface area (Å²) in [6.07, 6.45) is 1.04. The average Bonchev–Trinajstić information content (AvgIpc) is 3.19. The van der Waals surface area contributed by atoms with E-state index in [0.29, 0.717) is 22.8 Å². The Morgan fingerprint density at radius 3 is 2.48 bits per heavy atom. The van der Waals surface area contributed by atoms with Crippen molar-refractivity contribution in [1.82, 2.24) is 15.1 Å². The van der Waals surface area contributed by atoms with E-state index in [9.17, 15) is 9.90 Å². The molecular formula is C22H29N5O4. The van der Waals surface area contributed by atoms with Gasteiger partial charge in [0, 0.05) is 18.0 Å². The molecule has 0 aliphatic rings. The largest absolute Gasteiger partial charge is 0.507 e. The highest BCUT2D eigenvalue weighted by Crippen LogP contribution is 2.32. The molecule has 0 unspecified atom stereocenters. The second kappa shape index (κ2) is 11.4. The third-order valence-corrected chi connectivity index (χ3v) is 3.52. The van der Waals surface area contributed by atoms with Crippen LogP contribution in [-0.4, -0.2) is 38.6 Å². The SMILES string of the molecule is C=N.CC.Cc1cccnc1-c1noc(-c2ccc(NC(=O)OC(C)(C)C)cc2O)n1. The van der Waals surface area contributed by atoms with Gasteiger partial charge in [0.25, 0.3) is 5.89 Å². The quantitative estimate of drug-likeness (QED) is 0.473. The van der Waals surface area contributed by atoms with Gasteiger partial charge in [-0.1, -0.05) is 25.1 Å². The van der Waals surface area contributed by atoms with E-state index in [1.807, 2.05) is 32.9 Å². The monoisotopic (exact) mass is 427 g/mol. The van der Waals surface area contributed by atoms with E-state index in [-0.39, 0.29) is 11.6 Å². The number of phenols is 1. The topological polar surface area (TPSA) is 134 Å². The van der Waals surface area contributed by atoms with E-state index in [0.717, 1.165) is 5.56 Å². The maximum Gasteiger partial charge on any atom is 0.412 e. The maximum atomic E-state index is 11.8. The molecule has 0 aliphatic heterocycles. The van der Waals surface area contributed by atoms with E-state index < -0.39 is 11.7 Å². The number of carbonyl (C=O) groups excluding carboxylic acids is 1. The van der Waals surface area contributed by atoms with Gasteiger partial charge in [-0.15, -0.1) is 0 Å². The minimum absolute atomic E-state index is 0.114. The zero-order valence-electron chi connectivity index (χ0n) is 18.7. The number of amides is 1. The second-order valence-corrected chi connectivity index (χ2v) is 6.95. The van der Waals surface area contributed by atoms with Gasteiger partial charge in [0.05, 0.1) is 5.56 Å². The minimum atomic E-state index is -0.615. The summed E-state index contributed by atoms with van der Waals surface area (Å²) in [4.78, 5) is 20.4. The molecule has 1 amide bonds. The van der Waals surface area contributed by atoms with Gasteiger partial charge >= 0.3 is 6.09 Å². The first kappa shape index (κ1) is 25.3. The zero-order valence-corrected chi connectivity index (χ0v) is 18.7. The molecule has 1 aromatic carbocycles. The van der Waals surface area contributed by atoms with E-state index >= 15 is 0 Å². The number of pyridine rings is 1. The number of anilines is 1. The van der Waals surface area contributed by atoms with Crippen LogP contribution < -0.4 is 5.32 Å². The lowest BCUT2D eigenvalue weighted by Crippen LogP contribution is -2.27. The molecule has 3 rings (SSSR count). The van der Waals surface area contributed by atoms with Crippen LogP contribution in [0.15, 0.2) is 41.1 Å². The number of aromatic hydroxyl groups is 1. The predicted octanol–water partition coefficient (Wildman–Crippen LogP) is 5.45. The molecule has 0 bridgehead atoms. The number of phenolic OH excluding ortho intramolecular Hbond substituents is 1. The molecule has 0 saturated heterocycles. The first-order chi connectivity index (χ1) is 14.7. The number of ether oxygens (including phenoxy) is 1. The van der Waals surface area contributed by atoms with E-state index in [1.165, 1.54) is 6.07 Å². The van der Waals surface area contributed by atoms with Crippen LogP contribution in [0.1, 0.15) is 40.2 Å². The van der Waals surface area contributed by atoms with Gasteiger partial charge in [0.1, 0.15) is 17.0 Å². The molecule has 9 heteroatoms. The van der Waals surface area contributed by atoms with Crippen molar-refractivity contribution in [2.75, 3.05) is 5.32 Å². The van der Waals surface area contributed by atoms with E-state index in [2.05, 4.69) is 27.2 Å². The van der Waals surface area contributed by atoms with Crippen molar-refractivity contribution in [3.05, 3.63) is 42.1 Å². The third-order valence-electron chi connectivity index (χ3n) is 3.52. The molecule has 31 heavy (non-hydrogen) atoms. The summed E-state index contributed by atoms with van der Waals surface area (Å²) in [5.74, 6) is 0.367. The summed E-state index contributed by atoms with van der Waals surface area (Å²) in [7, 11) is 0. The Bertz CT molecular complexity index is 996. The lowest BCUT2D eigenvalue weighted by Gasteiger charge is -2.19. The van der Waals surface area contributed by atoms with Gasteiger partial charge in [0.15, 0.2) is 0 Å². The van der Waals surface area contributed by atoms with Crippen molar-refractivity contribution < 1.29 is 19.2 Å². The van der Waals surface area contributed by atoms with E-state index in [4.69, 9.17) is 14.7 Å². The molecule has 2 aromatic heterocycles. The van der Waals surface area contributed by atoms with Crippen molar-refractivity contribution in [3.63, 3.8) is 0 Å². The summed E-state index contributed by atoms with van der Waals surface area (Å²) in [6, 6.07) is 8.28. The van der Waals surface area contributed by atoms with Gasteiger partial charge in [-0.25, -0.2) is 4.79 Å². The van der Waals surface area contributed by atoms with Gasteiger partial charge in [-0.2, -0.15) is 4.98 Å². The van der Waals surface area contributed by atoms with Crippen LogP contribution >= 0.6 is 0 Å². The Balaban J connectivity index is 0.00000113. The number of nitrogens with zero attached hydrogens (tertiary/aromatic N) is 3.